The Bertz CT molecular complexity index is 993. The Kier molecular flexibility index (Phi) is 3.12. The molecule has 1 heterocycles. The Labute approximate surface area is 136 Å². The largest absolute Gasteiger partial charge is 0.454 e. The third kappa shape index (κ3) is 2.27. The van der Waals surface area contributed by atoms with E-state index in [4.69, 9.17) is 4.42 Å². The number of rotatable bonds is 2. The fraction of sp³-hybridized carbons (Fsp3) is 0.143. The third-order valence-electron chi connectivity index (χ3n) is 4.34. The maximum Gasteiger partial charge on any atom is 0.159 e. The minimum atomic E-state index is 0.934. The Hall–Kier alpha value is -2.74. The molecule has 0 aliphatic heterocycles. The summed E-state index contributed by atoms with van der Waals surface area (Å²) in [6, 6.07) is 21.1. The monoisotopic (exact) mass is 301 g/mol. The van der Waals surface area contributed by atoms with Crippen molar-refractivity contribution in [3.8, 4) is 0 Å². The zero-order valence-corrected chi connectivity index (χ0v) is 13.6. The van der Waals surface area contributed by atoms with Crippen molar-refractivity contribution in [1.29, 1.82) is 0 Å². The number of benzene rings is 3. The van der Waals surface area contributed by atoms with Gasteiger partial charge in [-0.05, 0) is 49.2 Å². The number of fused-ring (bicyclic) bond motifs is 3. The second kappa shape index (κ2) is 5.17. The average molecular weight is 301 g/mol. The van der Waals surface area contributed by atoms with Gasteiger partial charge in [0.15, 0.2) is 5.58 Å². The van der Waals surface area contributed by atoms with Crippen molar-refractivity contribution in [3.63, 3.8) is 0 Å². The minimum Gasteiger partial charge on any atom is -0.454 e. The number of aryl methyl sites for hydroxylation is 2. The van der Waals surface area contributed by atoms with Crippen LogP contribution in [0.15, 0.2) is 65.1 Å². The summed E-state index contributed by atoms with van der Waals surface area (Å²) in [6.45, 7) is 4.26. The molecule has 0 aliphatic rings. The molecule has 114 valence electrons. The molecular formula is C21H19NO. The van der Waals surface area contributed by atoms with Crippen LogP contribution in [0.4, 0.5) is 11.4 Å². The number of nitrogens with zero attached hydrogens (tertiary/aromatic N) is 1. The lowest BCUT2D eigenvalue weighted by Crippen LogP contribution is -2.10. The van der Waals surface area contributed by atoms with E-state index in [0.29, 0.717) is 0 Å². The molecule has 0 bridgehead atoms. The van der Waals surface area contributed by atoms with Gasteiger partial charge in [0, 0.05) is 23.5 Å². The third-order valence-corrected chi connectivity index (χ3v) is 4.34. The van der Waals surface area contributed by atoms with Crippen LogP contribution in [-0.4, -0.2) is 7.05 Å². The van der Waals surface area contributed by atoms with Crippen molar-refractivity contribution in [2.75, 3.05) is 11.9 Å². The number of anilines is 2. The van der Waals surface area contributed by atoms with Crippen LogP contribution in [0.2, 0.25) is 0 Å². The molecule has 0 fully saturated rings. The molecule has 2 nitrogen and oxygen atoms in total. The first-order valence-corrected chi connectivity index (χ1v) is 7.86. The predicted octanol–water partition coefficient (Wildman–Crippen LogP) is 5.97. The molecule has 1 aromatic heterocycles. The SMILES string of the molecule is Cc1cc(C)cc(N(C)c2cccc3c2oc2ccccc23)c1. The van der Waals surface area contributed by atoms with Gasteiger partial charge >= 0.3 is 0 Å². The zero-order chi connectivity index (χ0) is 16.0. The molecule has 2 heteroatoms. The van der Waals surface area contributed by atoms with Gasteiger partial charge < -0.3 is 9.32 Å². The molecule has 0 saturated heterocycles. The summed E-state index contributed by atoms with van der Waals surface area (Å²) >= 11 is 0. The van der Waals surface area contributed by atoms with Crippen LogP contribution in [0.1, 0.15) is 11.1 Å². The smallest absolute Gasteiger partial charge is 0.159 e. The molecule has 0 aliphatic carbocycles. The van der Waals surface area contributed by atoms with Gasteiger partial charge in [0.2, 0.25) is 0 Å². The summed E-state index contributed by atoms with van der Waals surface area (Å²) in [5.74, 6) is 0. The second-order valence-electron chi connectivity index (χ2n) is 6.16. The van der Waals surface area contributed by atoms with Crippen LogP contribution in [0, 0.1) is 13.8 Å². The van der Waals surface area contributed by atoms with E-state index in [9.17, 15) is 0 Å². The normalized spacial score (nSPS) is 11.3. The topological polar surface area (TPSA) is 16.4 Å². The quantitative estimate of drug-likeness (QED) is 0.453. The highest BCUT2D eigenvalue weighted by Crippen LogP contribution is 2.37. The van der Waals surface area contributed by atoms with E-state index in [-0.39, 0.29) is 0 Å². The molecular weight excluding hydrogens is 282 g/mol. The predicted molar refractivity (Wildman–Crippen MR) is 97.7 cm³/mol. The standard InChI is InChI=1S/C21H19NO/c1-14-11-15(2)13-16(12-14)22(3)19-9-6-8-18-17-7-4-5-10-20(17)23-21(18)19/h4-13H,1-3H3. The second-order valence-corrected chi connectivity index (χ2v) is 6.16. The van der Waals surface area contributed by atoms with Crippen LogP contribution < -0.4 is 4.90 Å². The molecule has 4 rings (SSSR count). The lowest BCUT2D eigenvalue weighted by atomic mass is 10.1. The van der Waals surface area contributed by atoms with Crippen LogP contribution in [-0.2, 0) is 0 Å². The van der Waals surface area contributed by atoms with E-state index in [1.54, 1.807) is 0 Å². The molecule has 0 amide bonds. The van der Waals surface area contributed by atoms with Crippen LogP contribution in [0.5, 0.6) is 0 Å². The number of furan rings is 1. The minimum absolute atomic E-state index is 0.934. The van der Waals surface area contributed by atoms with Gasteiger partial charge in [0.1, 0.15) is 5.58 Å². The first-order chi connectivity index (χ1) is 11.1. The molecule has 0 radical (unpaired) electrons. The van der Waals surface area contributed by atoms with E-state index >= 15 is 0 Å². The molecule has 23 heavy (non-hydrogen) atoms. The molecule has 4 aromatic rings. The van der Waals surface area contributed by atoms with Crippen molar-refractivity contribution in [3.05, 3.63) is 71.8 Å². The van der Waals surface area contributed by atoms with Crippen molar-refractivity contribution < 1.29 is 4.42 Å². The highest BCUT2D eigenvalue weighted by Gasteiger charge is 2.14. The Morgan fingerprint density at radius 2 is 1.48 bits per heavy atom. The van der Waals surface area contributed by atoms with Crippen LogP contribution in [0.25, 0.3) is 21.9 Å². The van der Waals surface area contributed by atoms with Crippen LogP contribution in [0.3, 0.4) is 0 Å². The maximum absolute atomic E-state index is 6.15. The van der Waals surface area contributed by atoms with Gasteiger partial charge in [0.25, 0.3) is 0 Å². The van der Waals surface area contributed by atoms with Gasteiger partial charge in [0.05, 0.1) is 5.69 Å². The summed E-state index contributed by atoms with van der Waals surface area (Å²) in [6.07, 6.45) is 0. The van der Waals surface area contributed by atoms with E-state index in [1.807, 2.05) is 12.1 Å². The van der Waals surface area contributed by atoms with Gasteiger partial charge in [-0.25, -0.2) is 0 Å². The average Bonchev–Trinajstić information content (AvgIpc) is 2.92. The molecule has 0 spiro atoms. The van der Waals surface area contributed by atoms with Gasteiger partial charge in [-0.3, -0.25) is 0 Å². The first-order valence-electron chi connectivity index (χ1n) is 7.86. The van der Waals surface area contributed by atoms with Crippen molar-refractivity contribution in [1.82, 2.24) is 0 Å². The Morgan fingerprint density at radius 1 is 0.783 bits per heavy atom. The fourth-order valence-electron chi connectivity index (χ4n) is 3.28. The Morgan fingerprint density at radius 3 is 2.26 bits per heavy atom. The molecule has 0 N–H and O–H groups in total. The Balaban J connectivity index is 1.94. The maximum atomic E-state index is 6.15. The molecule has 3 aromatic carbocycles. The van der Waals surface area contributed by atoms with E-state index in [1.165, 1.54) is 16.8 Å². The summed E-state index contributed by atoms with van der Waals surface area (Å²) in [5.41, 5.74) is 6.67. The van der Waals surface area contributed by atoms with E-state index in [2.05, 4.69) is 74.3 Å². The van der Waals surface area contributed by atoms with E-state index in [0.717, 1.165) is 27.6 Å². The van der Waals surface area contributed by atoms with Gasteiger partial charge in [-0.2, -0.15) is 0 Å². The zero-order valence-electron chi connectivity index (χ0n) is 13.6. The summed E-state index contributed by atoms with van der Waals surface area (Å²) < 4.78 is 6.15. The lowest BCUT2D eigenvalue weighted by molar-refractivity contribution is 0.668. The molecule has 0 atom stereocenters. The van der Waals surface area contributed by atoms with Crippen molar-refractivity contribution in [2.45, 2.75) is 13.8 Å². The van der Waals surface area contributed by atoms with E-state index < -0.39 is 0 Å². The van der Waals surface area contributed by atoms with Gasteiger partial charge in [-0.15, -0.1) is 0 Å². The number of para-hydroxylation sites is 2. The number of hydrogen-bond donors (Lipinski definition) is 0. The fourth-order valence-corrected chi connectivity index (χ4v) is 3.28. The van der Waals surface area contributed by atoms with Crippen molar-refractivity contribution >= 4 is 33.3 Å². The highest BCUT2D eigenvalue weighted by atomic mass is 16.3. The van der Waals surface area contributed by atoms with Gasteiger partial charge in [-0.1, -0.05) is 36.4 Å². The summed E-state index contributed by atoms with van der Waals surface area (Å²) in [4.78, 5) is 2.20. The van der Waals surface area contributed by atoms with Crippen molar-refractivity contribution in [2.24, 2.45) is 0 Å². The molecule has 0 unspecified atom stereocenters. The highest BCUT2D eigenvalue weighted by molar-refractivity contribution is 6.09. The lowest BCUT2D eigenvalue weighted by Gasteiger charge is -2.20. The molecule has 0 saturated carbocycles. The summed E-state index contributed by atoms with van der Waals surface area (Å²) in [7, 11) is 2.09. The van der Waals surface area contributed by atoms with Crippen LogP contribution >= 0.6 is 0 Å². The first kappa shape index (κ1) is 13.9. The number of hydrogen-bond acceptors (Lipinski definition) is 2. The summed E-state index contributed by atoms with van der Waals surface area (Å²) in [5, 5.41) is 2.33.